The average molecular weight is 445 g/mol. The smallest absolute Gasteiger partial charge is 0.0437 e. The summed E-state index contributed by atoms with van der Waals surface area (Å²) in [6.07, 6.45) is 4.77. The van der Waals surface area contributed by atoms with Gasteiger partial charge in [0.2, 0.25) is 0 Å². The van der Waals surface area contributed by atoms with Gasteiger partial charge in [-0.3, -0.25) is 4.90 Å². The van der Waals surface area contributed by atoms with Crippen LogP contribution in [0, 0.1) is 5.92 Å². The third-order valence-electron chi connectivity index (χ3n) is 7.49. The Balaban J connectivity index is 1.36. The van der Waals surface area contributed by atoms with Crippen molar-refractivity contribution in [1.29, 1.82) is 0 Å². The van der Waals surface area contributed by atoms with Crippen LogP contribution < -0.4 is 5.32 Å². The van der Waals surface area contributed by atoms with E-state index < -0.39 is 0 Å². The molecule has 3 aliphatic rings. The summed E-state index contributed by atoms with van der Waals surface area (Å²) in [6, 6.07) is 31.5. The zero-order valence-corrected chi connectivity index (χ0v) is 19.4. The molecule has 0 amide bonds. The van der Waals surface area contributed by atoms with E-state index >= 15 is 0 Å². The fraction of sp³-hybridized carbons (Fsp3) is 0.379. The lowest BCUT2D eigenvalue weighted by Crippen LogP contribution is -2.64. The van der Waals surface area contributed by atoms with Gasteiger partial charge in [-0.25, -0.2) is 0 Å². The molecule has 6 rings (SSSR count). The second-order valence-electron chi connectivity index (χ2n) is 9.34. The molecule has 0 saturated carbocycles. The Morgan fingerprint density at radius 1 is 0.812 bits per heavy atom. The molecule has 3 aromatic carbocycles. The Kier molecular flexibility index (Phi) is 6.92. The summed E-state index contributed by atoms with van der Waals surface area (Å²) in [4.78, 5) is 2.76. The van der Waals surface area contributed by atoms with E-state index in [1.807, 2.05) is 12.1 Å². The van der Waals surface area contributed by atoms with Gasteiger partial charge >= 0.3 is 0 Å². The van der Waals surface area contributed by atoms with Crippen LogP contribution in [0.4, 0.5) is 0 Å². The lowest BCUT2D eigenvalue weighted by atomic mass is 9.70. The number of fused-ring (bicyclic) bond motifs is 3. The van der Waals surface area contributed by atoms with Gasteiger partial charge in [-0.05, 0) is 74.0 Å². The molecule has 3 aliphatic heterocycles. The Bertz CT molecular complexity index is 943. The van der Waals surface area contributed by atoms with E-state index in [1.54, 1.807) is 0 Å². The first-order valence-electron chi connectivity index (χ1n) is 12.1. The maximum atomic E-state index is 6.38. The highest BCUT2D eigenvalue weighted by molar-refractivity contribution is 6.31. The molecule has 0 aromatic heterocycles. The molecule has 2 bridgehead atoms. The van der Waals surface area contributed by atoms with E-state index in [1.165, 1.54) is 42.6 Å². The van der Waals surface area contributed by atoms with Crippen LogP contribution in [0.1, 0.15) is 41.9 Å². The van der Waals surface area contributed by atoms with E-state index in [9.17, 15) is 0 Å². The van der Waals surface area contributed by atoms with Crippen molar-refractivity contribution >= 4 is 11.6 Å². The molecule has 2 nitrogen and oxygen atoms in total. The van der Waals surface area contributed by atoms with Crippen LogP contribution >= 0.6 is 11.6 Å². The summed E-state index contributed by atoms with van der Waals surface area (Å²) in [5.74, 6) is 1.15. The fourth-order valence-electron chi connectivity index (χ4n) is 5.94. The van der Waals surface area contributed by atoms with Crippen molar-refractivity contribution in [3.63, 3.8) is 0 Å². The average Bonchev–Trinajstić information content (AvgIpc) is 2.86. The highest BCUT2D eigenvalue weighted by Gasteiger charge is 2.46. The van der Waals surface area contributed by atoms with Crippen LogP contribution in [-0.2, 0) is 6.42 Å². The van der Waals surface area contributed by atoms with Crippen LogP contribution in [0.25, 0.3) is 0 Å². The number of benzene rings is 3. The van der Waals surface area contributed by atoms with Crippen LogP contribution in [-0.4, -0.2) is 36.6 Å². The van der Waals surface area contributed by atoms with Gasteiger partial charge < -0.3 is 5.32 Å². The molecule has 3 aromatic rings. The molecule has 3 fully saturated rings. The molecule has 3 heteroatoms. The van der Waals surface area contributed by atoms with E-state index in [0.29, 0.717) is 18.0 Å². The van der Waals surface area contributed by atoms with Gasteiger partial charge in [0.15, 0.2) is 0 Å². The van der Waals surface area contributed by atoms with Crippen LogP contribution in [0.5, 0.6) is 0 Å². The van der Waals surface area contributed by atoms with Crippen molar-refractivity contribution in [2.75, 3.05) is 19.6 Å². The van der Waals surface area contributed by atoms with E-state index in [0.717, 1.165) is 30.3 Å². The first-order chi connectivity index (χ1) is 15.8. The summed E-state index contributed by atoms with van der Waals surface area (Å²) in [6.45, 7) is 3.49. The molecular formula is C29H33ClN2. The third kappa shape index (κ3) is 4.64. The molecule has 3 heterocycles. The minimum Gasteiger partial charge on any atom is -0.312 e. The second kappa shape index (κ2) is 10.2. The molecule has 0 unspecified atom stereocenters. The minimum atomic E-state index is 0.390. The van der Waals surface area contributed by atoms with Gasteiger partial charge in [0.1, 0.15) is 0 Å². The number of nitrogens with one attached hydrogen (secondary N) is 1. The van der Waals surface area contributed by atoms with Crippen LogP contribution in [0.15, 0.2) is 84.9 Å². The summed E-state index contributed by atoms with van der Waals surface area (Å²) in [5.41, 5.74) is 4.12. The molecule has 0 spiro atoms. The third-order valence-corrected chi connectivity index (χ3v) is 7.86. The molecule has 1 N–H and O–H groups in total. The van der Waals surface area contributed by atoms with Gasteiger partial charge in [-0.1, -0.05) is 90.5 Å². The minimum absolute atomic E-state index is 0.390. The molecule has 3 saturated heterocycles. The van der Waals surface area contributed by atoms with Crippen molar-refractivity contribution in [1.82, 2.24) is 10.2 Å². The lowest BCUT2D eigenvalue weighted by Gasteiger charge is -2.54. The molecule has 0 aliphatic carbocycles. The largest absolute Gasteiger partial charge is 0.312 e. The van der Waals surface area contributed by atoms with E-state index in [4.69, 9.17) is 11.6 Å². The summed E-state index contributed by atoms with van der Waals surface area (Å²) in [7, 11) is 0. The summed E-state index contributed by atoms with van der Waals surface area (Å²) in [5, 5.41) is 4.92. The Hall–Kier alpha value is -2.13. The Morgan fingerprint density at radius 2 is 1.41 bits per heavy atom. The maximum Gasteiger partial charge on any atom is 0.0437 e. The fourth-order valence-corrected chi connectivity index (χ4v) is 6.17. The Labute approximate surface area is 197 Å². The molecule has 32 heavy (non-hydrogen) atoms. The monoisotopic (exact) mass is 444 g/mol. The Morgan fingerprint density at radius 3 is 2.03 bits per heavy atom. The highest BCUT2D eigenvalue weighted by Crippen LogP contribution is 2.42. The SMILES string of the molecule is Clc1ccccc1CCCN[C@@H]1C2CCN(CC2)[C@@H]1C(c1ccccc1)c1ccccc1. The zero-order valence-electron chi connectivity index (χ0n) is 18.7. The molecule has 0 radical (unpaired) electrons. The molecule has 166 valence electrons. The number of rotatable bonds is 8. The quantitative estimate of drug-likeness (QED) is 0.419. The highest BCUT2D eigenvalue weighted by atomic mass is 35.5. The summed E-state index contributed by atoms with van der Waals surface area (Å²) >= 11 is 6.38. The molecule has 2 atom stereocenters. The van der Waals surface area contributed by atoms with Crippen molar-refractivity contribution in [3.05, 3.63) is 107 Å². The molecular weight excluding hydrogens is 412 g/mol. The van der Waals surface area contributed by atoms with Crippen molar-refractivity contribution in [2.45, 2.75) is 43.7 Å². The normalized spacial score (nSPS) is 24.7. The lowest BCUT2D eigenvalue weighted by molar-refractivity contribution is 0.00546. The summed E-state index contributed by atoms with van der Waals surface area (Å²) < 4.78 is 0. The number of hydrogen-bond donors (Lipinski definition) is 1. The van der Waals surface area contributed by atoms with Crippen molar-refractivity contribution < 1.29 is 0 Å². The van der Waals surface area contributed by atoms with Crippen LogP contribution in [0.2, 0.25) is 5.02 Å². The van der Waals surface area contributed by atoms with Crippen LogP contribution in [0.3, 0.4) is 0 Å². The topological polar surface area (TPSA) is 15.3 Å². The zero-order chi connectivity index (χ0) is 21.8. The van der Waals surface area contributed by atoms with Gasteiger partial charge in [-0.2, -0.15) is 0 Å². The van der Waals surface area contributed by atoms with Crippen molar-refractivity contribution in [2.24, 2.45) is 5.92 Å². The van der Waals surface area contributed by atoms with Gasteiger partial charge in [0.25, 0.3) is 0 Å². The number of piperidine rings is 3. The van der Waals surface area contributed by atoms with E-state index in [2.05, 4.69) is 83.0 Å². The number of hydrogen-bond acceptors (Lipinski definition) is 2. The first-order valence-corrected chi connectivity index (χ1v) is 12.5. The predicted molar refractivity (Wildman–Crippen MR) is 134 cm³/mol. The first kappa shape index (κ1) is 21.7. The van der Waals surface area contributed by atoms with Gasteiger partial charge in [0.05, 0.1) is 0 Å². The predicted octanol–water partition coefficient (Wildman–Crippen LogP) is 6.16. The van der Waals surface area contributed by atoms with Crippen molar-refractivity contribution in [3.8, 4) is 0 Å². The second-order valence-corrected chi connectivity index (χ2v) is 9.75. The number of nitrogens with zero attached hydrogens (tertiary/aromatic N) is 1. The number of aryl methyl sites for hydroxylation is 1. The van der Waals surface area contributed by atoms with Gasteiger partial charge in [0, 0.05) is 23.0 Å². The maximum absolute atomic E-state index is 6.38. The van der Waals surface area contributed by atoms with Gasteiger partial charge in [-0.15, -0.1) is 0 Å². The van der Waals surface area contributed by atoms with E-state index in [-0.39, 0.29) is 0 Å². The number of halogens is 1. The standard InChI is InChI=1S/C29H33ClN2/c30-26-16-8-7-10-22(26)15-9-19-31-28-25-17-20-32(21-18-25)29(28)27(23-11-3-1-4-12-23)24-13-5-2-6-14-24/h1-8,10-14,16,25,27-29,31H,9,15,17-21H2/t28-,29-/m1/s1.